The summed E-state index contributed by atoms with van der Waals surface area (Å²) in [5, 5.41) is 3.62. The van der Waals surface area contributed by atoms with Crippen molar-refractivity contribution in [3.05, 3.63) is 28.8 Å². The van der Waals surface area contributed by atoms with Gasteiger partial charge in [0.25, 0.3) is 0 Å². The Morgan fingerprint density at radius 3 is 2.67 bits per heavy atom. The van der Waals surface area contributed by atoms with Gasteiger partial charge in [0.2, 0.25) is 5.91 Å². The molecule has 0 saturated carbocycles. The van der Waals surface area contributed by atoms with E-state index in [0.29, 0.717) is 32.6 Å². The second kappa shape index (κ2) is 7.11. The van der Waals surface area contributed by atoms with Crippen molar-refractivity contribution in [2.24, 2.45) is 11.1 Å². The Morgan fingerprint density at radius 2 is 1.96 bits per heavy atom. The van der Waals surface area contributed by atoms with Crippen LogP contribution in [0.1, 0.15) is 48.4 Å². The molecule has 2 aliphatic rings. The Balaban J connectivity index is 1.80. The fraction of sp³-hybridized carbons (Fsp3) is 0.632. The highest BCUT2D eigenvalue weighted by atomic mass is 16.5. The quantitative estimate of drug-likeness (QED) is 0.888. The molecule has 0 aliphatic carbocycles. The van der Waals surface area contributed by atoms with Gasteiger partial charge in [-0.3, -0.25) is 4.79 Å². The Bertz CT molecular complexity index is 609. The molecule has 0 aromatic heterocycles. The number of ether oxygens (including phenoxy) is 2. The number of hydrogen-bond donors (Lipinski definition) is 2. The molecule has 1 unspecified atom stereocenters. The molecule has 0 bridgehead atoms. The van der Waals surface area contributed by atoms with E-state index in [-0.39, 0.29) is 11.9 Å². The van der Waals surface area contributed by atoms with Gasteiger partial charge in [-0.1, -0.05) is 6.07 Å². The molecule has 1 aromatic rings. The third kappa shape index (κ3) is 3.42. The van der Waals surface area contributed by atoms with Crippen molar-refractivity contribution in [2.45, 2.75) is 45.6 Å². The maximum atomic E-state index is 12.1. The van der Waals surface area contributed by atoms with Crippen LogP contribution in [0.25, 0.3) is 0 Å². The van der Waals surface area contributed by atoms with Crippen molar-refractivity contribution >= 4 is 5.91 Å². The smallest absolute Gasteiger partial charge is 0.225 e. The Hall–Kier alpha value is -1.59. The Kier molecular flexibility index (Phi) is 5.11. The molecule has 5 heteroatoms. The van der Waals surface area contributed by atoms with Gasteiger partial charge in [-0.25, -0.2) is 0 Å². The molecule has 3 N–H and O–H groups in total. The molecule has 1 atom stereocenters. The number of nitrogens with one attached hydrogen (secondary N) is 1. The number of rotatable bonds is 4. The highest BCUT2D eigenvalue weighted by Gasteiger charge is 2.39. The van der Waals surface area contributed by atoms with E-state index in [9.17, 15) is 4.79 Å². The molecule has 0 spiro atoms. The summed E-state index contributed by atoms with van der Waals surface area (Å²) in [6.07, 6.45) is 3.38. The zero-order valence-corrected chi connectivity index (χ0v) is 14.7. The number of hydrogen-bond acceptors (Lipinski definition) is 4. The number of carbonyl (C=O) groups is 1. The summed E-state index contributed by atoms with van der Waals surface area (Å²) in [4.78, 5) is 12.1. The van der Waals surface area contributed by atoms with Crippen molar-refractivity contribution in [3.8, 4) is 5.75 Å². The molecule has 132 valence electrons. The van der Waals surface area contributed by atoms with Crippen LogP contribution in [0, 0.1) is 19.3 Å². The van der Waals surface area contributed by atoms with Crippen LogP contribution in [0.15, 0.2) is 12.1 Å². The highest BCUT2D eigenvalue weighted by Crippen LogP contribution is 2.36. The molecule has 5 nitrogen and oxygen atoms in total. The van der Waals surface area contributed by atoms with E-state index in [2.05, 4.69) is 31.3 Å². The van der Waals surface area contributed by atoms with Gasteiger partial charge in [0.05, 0.1) is 12.0 Å². The van der Waals surface area contributed by atoms with Crippen LogP contribution in [0.5, 0.6) is 5.75 Å². The first kappa shape index (κ1) is 17.2. The summed E-state index contributed by atoms with van der Waals surface area (Å²) in [7, 11) is 0. The average Bonchev–Trinajstić information content (AvgIpc) is 2.76. The van der Waals surface area contributed by atoms with Gasteiger partial charge in [-0.15, -0.1) is 0 Å². The van der Waals surface area contributed by atoms with Crippen LogP contribution in [-0.4, -0.2) is 32.3 Å². The third-order valence-corrected chi connectivity index (χ3v) is 5.56. The number of benzene rings is 1. The standard InChI is InChI=1S/C19H28N2O3/c1-13-10-15-16(4-3-7-24-17(15)11-14(13)2)21-12-19(18(20)22)5-8-23-9-6-19/h10-11,16,21H,3-9,12H2,1-2H3,(H2,20,22). The van der Waals surface area contributed by atoms with Crippen LogP contribution in [0.2, 0.25) is 0 Å². The van der Waals surface area contributed by atoms with Gasteiger partial charge in [0, 0.05) is 31.4 Å². The van der Waals surface area contributed by atoms with E-state index in [1.54, 1.807) is 0 Å². The van der Waals surface area contributed by atoms with E-state index < -0.39 is 5.41 Å². The summed E-state index contributed by atoms with van der Waals surface area (Å²) in [6.45, 7) is 6.78. The predicted molar refractivity (Wildman–Crippen MR) is 93.1 cm³/mol. The topological polar surface area (TPSA) is 73.6 Å². The third-order valence-electron chi connectivity index (χ3n) is 5.56. The number of fused-ring (bicyclic) bond motifs is 1. The van der Waals surface area contributed by atoms with Gasteiger partial charge in [-0.2, -0.15) is 0 Å². The van der Waals surface area contributed by atoms with Crippen molar-refractivity contribution in [3.63, 3.8) is 0 Å². The van der Waals surface area contributed by atoms with Crippen molar-refractivity contribution in [2.75, 3.05) is 26.4 Å². The first-order valence-electron chi connectivity index (χ1n) is 8.87. The van der Waals surface area contributed by atoms with Crippen molar-refractivity contribution < 1.29 is 14.3 Å². The van der Waals surface area contributed by atoms with E-state index in [1.807, 2.05) is 0 Å². The monoisotopic (exact) mass is 332 g/mol. The molecular weight excluding hydrogens is 304 g/mol. The minimum absolute atomic E-state index is 0.195. The molecule has 1 saturated heterocycles. The molecule has 1 fully saturated rings. The van der Waals surface area contributed by atoms with Crippen molar-refractivity contribution in [1.29, 1.82) is 0 Å². The normalized spacial score (nSPS) is 23.0. The first-order chi connectivity index (χ1) is 11.5. The molecule has 0 radical (unpaired) electrons. The molecule has 2 aliphatic heterocycles. The lowest BCUT2D eigenvalue weighted by molar-refractivity contribution is -0.133. The fourth-order valence-electron chi connectivity index (χ4n) is 3.64. The second-order valence-corrected chi connectivity index (χ2v) is 7.16. The molecule has 2 heterocycles. The molecule has 24 heavy (non-hydrogen) atoms. The van der Waals surface area contributed by atoms with Gasteiger partial charge in [-0.05, 0) is 56.7 Å². The van der Waals surface area contributed by atoms with Crippen LogP contribution < -0.4 is 15.8 Å². The summed E-state index contributed by atoms with van der Waals surface area (Å²) in [5.41, 5.74) is 8.94. The van der Waals surface area contributed by atoms with Crippen LogP contribution >= 0.6 is 0 Å². The summed E-state index contributed by atoms with van der Waals surface area (Å²) in [6, 6.07) is 4.54. The first-order valence-corrected chi connectivity index (χ1v) is 8.87. The SMILES string of the molecule is Cc1cc2c(cc1C)C(NCC1(C(N)=O)CCOCC1)CCCO2. The number of aryl methyl sites for hydroxylation is 2. The summed E-state index contributed by atoms with van der Waals surface area (Å²) >= 11 is 0. The summed E-state index contributed by atoms with van der Waals surface area (Å²) < 4.78 is 11.3. The van der Waals surface area contributed by atoms with E-state index >= 15 is 0 Å². The maximum absolute atomic E-state index is 12.1. The molecule has 1 amide bonds. The Labute approximate surface area is 143 Å². The van der Waals surface area contributed by atoms with Crippen LogP contribution in [-0.2, 0) is 9.53 Å². The van der Waals surface area contributed by atoms with Crippen LogP contribution in [0.3, 0.4) is 0 Å². The van der Waals surface area contributed by atoms with Crippen LogP contribution in [0.4, 0.5) is 0 Å². The summed E-state index contributed by atoms with van der Waals surface area (Å²) in [5.74, 6) is 0.747. The highest BCUT2D eigenvalue weighted by molar-refractivity contribution is 5.81. The van der Waals surface area contributed by atoms with Gasteiger partial charge < -0.3 is 20.5 Å². The average molecular weight is 332 g/mol. The van der Waals surface area contributed by atoms with E-state index in [4.69, 9.17) is 15.2 Å². The lowest BCUT2D eigenvalue weighted by atomic mass is 9.79. The zero-order valence-electron chi connectivity index (χ0n) is 14.7. The number of primary amides is 1. The molecular formula is C19H28N2O3. The fourth-order valence-corrected chi connectivity index (χ4v) is 3.64. The number of amides is 1. The second-order valence-electron chi connectivity index (χ2n) is 7.16. The van der Waals surface area contributed by atoms with Gasteiger partial charge in [0.15, 0.2) is 0 Å². The number of carbonyl (C=O) groups excluding carboxylic acids is 1. The Morgan fingerprint density at radius 1 is 1.25 bits per heavy atom. The van der Waals surface area contributed by atoms with E-state index in [0.717, 1.165) is 25.2 Å². The van der Waals surface area contributed by atoms with E-state index in [1.165, 1.54) is 16.7 Å². The molecule has 1 aromatic carbocycles. The zero-order chi connectivity index (χ0) is 17.2. The molecule has 3 rings (SSSR count). The van der Waals surface area contributed by atoms with Gasteiger partial charge >= 0.3 is 0 Å². The largest absolute Gasteiger partial charge is 0.493 e. The van der Waals surface area contributed by atoms with Crippen molar-refractivity contribution in [1.82, 2.24) is 5.32 Å². The minimum Gasteiger partial charge on any atom is -0.493 e. The predicted octanol–water partition coefficient (Wildman–Crippen LogP) is 2.39. The lowest BCUT2D eigenvalue weighted by Gasteiger charge is -2.35. The minimum atomic E-state index is -0.495. The van der Waals surface area contributed by atoms with Gasteiger partial charge in [0.1, 0.15) is 5.75 Å². The lowest BCUT2D eigenvalue weighted by Crippen LogP contribution is -2.49. The maximum Gasteiger partial charge on any atom is 0.225 e. The number of nitrogens with two attached hydrogens (primary N) is 1.